The van der Waals surface area contributed by atoms with E-state index in [0.29, 0.717) is 0 Å². The smallest absolute Gasteiger partial charge is 0.0727 e. The highest BCUT2D eigenvalue weighted by Crippen LogP contribution is 2.67. The molecule has 0 amide bonds. The van der Waals surface area contributed by atoms with Gasteiger partial charge in [-0.25, -0.2) is 0 Å². The Balaban J connectivity index is 1.07. The Labute approximate surface area is 408 Å². The number of para-hydroxylation sites is 5. The number of aromatic nitrogens is 1. The van der Waals surface area contributed by atoms with Crippen molar-refractivity contribution in [2.24, 2.45) is 0 Å². The van der Waals surface area contributed by atoms with Crippen LogP contribution in [-0.4, -0.2) is 4.57 Å². The molecule has 14 rings (SSSR count). The minimum absolute atomic E-state index is 0.622. The minimum atomic E-state index is -0.622. The number of benzene rings is 11. The maximum atomic E-state index is 2.49. The van der Waals surface area contributed by atoms with Crippen LogP contribution in [0.3, 0.4) is 0 Å². The summed E-state index contributed by atoms with van der Waals surface area (Å²) in [5.74, 6) is 0. The first kappa shape index (κ1) is 39.9. The van der Waals surface area contributed by atoms with Crippen LogP contribution in [0.4, 0.5) is 34.1 Å². The van der Waals surface area contributed by atoms with Crippen molar-refractivity contribution >= 4 is 55.9 Å². The molecule has 328 valence electrons. The molecule has 1 aromatic heterocycles. The SMILES string of the molecule is c1ccc(-c2ccc3c(c2N(c2ccccc2)c2ccccc2)-c2ccccc2C32c3ccccc3-c3c(N(c4ccccc4)c4ccc5c6ccccc6n(-c6ccccc6)c5c4)cccc32)cc1. The molecule has 0 saturated heterocycles. The third-order valence-corrected chi connectivity index (χ3v) is 14.8. The van der Waals surface area contributed by atoms with E-state index in [1.807, 2.05) is 0 Å². The van der Waals surface area contributed by atoms with E-state index in [2.05, 4.69) is 287 Å². The lowest BCUT2D eigenvalue weighted by Gasteiger charge is -2.33. The molecule has 2 aliphatic carbocycles. The summed E-state index contributed by atoms with van der Waals surface area (Å²) in [7, 11) is 0. The zero-order valence-corrected chi connectivity index (χ0v) is 38.3. The number of anilines is 6. The third-order valence-electron chi connectivity index (χ3n) is 14.8. The summed E-state index contributed by atoms with van der Waals surface area (Å²) in [4.78, 5) is 4.97. The van der Waals surface area contributed by atoms with Gasteiger partial charge in [0.15, 0.2) is 0 Å². The van der Waals surface area contributed by atoms with E-state index < -0.39 is 5.41 Å². The molecule has 1 atom stereocenters. The van der Waals surface area contributed by atoms with Gasteiger partial charge >= 0.3 is 0 Å². The molecule has 70 heavy (non-hydrogen) atoms. The van der Waals surface area contributed by atoms with Gasteiger partial charge in [-0.05, 0) is 112 Å². The van der Waals surface area contributed by atoms with Crippen LogP contribution in [0.25, 0.3) is 60.9 Å². The van der Waals surface area contributed by atoms with Crippen LogP contribution in [0.2, 0.25) is 0 Å². The van der Waals surface area contributed by atoms with Gasteiger partial charge in [0.2, 0.25) is 0 Å². The van der Waals surface area contributed by atoms with Gasteiger partial charge in [-0.15, -0.1) is 0 Å². The highest BCUT2D eigenvalue weighted by molar-refractivity contribution is 6.11. The van der Waals surface area contributed by atoms with Gasteiger partial charge in [-0.3, -0.25) is 0 Å². The lowest BCUT2D eigenvalue weighted by Crippen LogP contribution is -2.26. The fourth-order valence-corrected chi connectivity index (χ4v) is 12.0. The summed E-state index contributed by atoms with van der Waals surface area (Å²) >= 11 is 0. The molecule has 0 bridgehead atoms. The van der Waals surface area contributed by atoms with Crippen molar-refractivity contribution in [2.45, 2.75) is 5.41 Å². The predicted octanol–water partition coefficient (Wildman–Crippen LogP) is 17.7. The fraction of sp³-hybridized carbons (Fsp3) is 0.0149. The Kier molecular flexibility index (Phi) is 9.11. The number of hydrogen-bond donors (Lipinski definition) is 0. The molecule has 12 aromatic rings. The summed E-state index contributed by atoms with van der Waals surface area (Å²) in [6, 6.07) is 100. The molecule has 1 unspecified atom stereocenters. The van der Waals surface area contributed by atoms with Crippen LogP contribution < -0.4 is 9.80 Å². The van der Waals surface area contributed by atoms with Crippen molar-refractivity contribution in [2.75, 3.05) is 9.80 Å². The van der Waals surface area contributed by atoms with Crippen molar-refractivity contribution in [3.8, 4) is 39.1 Å². The second-order valence-electron chi connectivity index (χ2n) is 18.4. The van der Waals surface area contributed by atoms with E-state index in [4.69, 9.17) is 0 Å². The van der Waals surface area contributed by atoms with E-state index in [1.54, 1.807) is 0 Å². The Morgan fingerprint density at radius 2 is 0.800 bits per heavy atom. The lowest BCUT2D eigenvalue weighted by atomic mass is 9.70. The third kappa shape index (κ3) is 5.82. The molecule has 3 nitrogen and oxygen atoms in total. The van der Waals surface area contributed by atoms with Gasteiger partial charge in [0.25, 0.3) is 0 Å². The Morgan fingerprint density at radius 1 is 0.300 bits per heavy atom. The molecule has 0 N–H and O–H groups in total. The van der Waals surface area contributed by atoms with Gasteiger partial charge in [-0.1, -0.05) is 200 Å². The first-order chi connectivity index (χ1) is 34.8. The first-order valence-electron chi connectivity index (χ1n) is 24.2. The second-order valence-corrected chi connectivity index (χ2v) is 18.4. The zero-order chi connectivity index (χ0) is 46.2. The average molecular weight is 892 g/mol. The molecular weight excluding hydrogens is 847 g/mol. The van der Waals surface area contributed by atoms with Crippen LogP contribution >= 0.6 is 0 Å². The number of nitrogens with zero attached hydrogens (tertiary/aromatic N) is 3. The fourth-order valence-electron chi connectivity index (χ4n) is 12.0. The topological polar surface area (TPSA) is 11.4 Å². The van der Waals surface area contributed by atoms with Crippen LogP contribution in [-0.2, 0) is 5.41 Å². The normalized spacial score (nSPS) is 14.1. The quantitative estimate of drug-likeness (QED) is 0.151. The largest absolute Gasteiger partial charge is 0.310 e. The molecule has 0 saturated carbocycles. The van der Waals surface area contributed by atoms with E-state index in [0.717, 1.165) is 39.6 Å². The molecule has 11 aromatic carbocycles. The Hall–Kier alpha value is -9.18. The molecule has 0 aliphatic heterocycles. The predicted molar refractivity (Wildman–Crippen MR) is 292 cm³/mol. The Morgan fingerprint density at radius 3 is 1.46 bits per heavy atom. The summed E-state index contributed by atoms with van der Waals surface area (Å²) in [5, 5.41) is 2.46. The number of rotatable bonds is 8. The maximum Gasteiger partial charge on any atom is 0.0727 e. The van der Waals surface area contributed by atoms with Gasteiger partial charge in [0.05, 0.1) is 27.8 Å². The zero-order valence-electron chi connectivity index (χ0n) is 38.3. The molecular formula is C67H45N3. The van der Waals surface area contributed by atoms with E-state index in [9.17, 15) is 0 Å². The average Bonchev–Trinajstić information content (AvgIpc) is 4.05. The van der Waals surface area contributed by atoms with Crippen molar-refractivity contribution in [3.05, 3.63) is 295 Å². The molecule has 2 aliphatic rings. The van der Waals surface area contributed by atoms with Crippen LogP contribution in [0.1, 0.15) is 22.3 Å². The van der Waals surface area contributed by atoms with Gasteiger partial charge < -0.3 is 14.4 Å². The summed E-state index contributed by atoms with van der Waals surface area (Å²) in [6.45, 7) is 0. The molecule has 1 heterocycles. The van der Waals surface area contributed by atoms with Gasteiger partial charge in [-0.2, -0.15) is 0 Å². The van der Waals surface area contributed by atoms with Gasteiger partial charge in [0.1, 0.15) is 0 Å². The molecule has 1 spiro atoms. The molecule has 3 heteroatoms. The van der Waals surface area contributed by atoms with Crippen molar-refractivity contribution in [1.82, 2.24) is 4.57 Å². The molecule has 0 radical (unpaired) electrons. The van der Waals surface area contributed by atoms with Crippen molar-refractivity contribution < 1.29 is 0 Å². The van der Waals surface area contributed by atoms with Crippen LogP contribution in [0, 0.1) is 0 Å². The summed E-state index contributed by atoms with van der Waals surface area (Å²) in [5.41, 5.74) is 22.0. The summed E-state index contributed by atoms with van der Waals surface area (Å²) < 4.78 is 2.42. The Bertz CT molecular complexity index is 3900. The van der Waals surface area contributed by atoms with Crippen LogP contribution in [0.15, 0.2) is 273 Å². The van der Waals surface area contributed by atoms with E-state index >= 15 is 0 Å². The van der Waals surface area contributed by atoms with Crippen molar-refractivity contribution in [1.29, 1.82) is 0 Å². The maximum absolute atomic E-state index is 2.49. The second kappa shape index (κ2) is 16.0. The standard InChI is InChI=1S/C67H45N3/c1-6-23-46(24-7-1)52-43-44-60-65(66(52)69(48-27-10-3-11-28-48)49-29-12-4-13-30-49)56-35-17-20-37-58(56)67(60)57-36-19-16-34-55(57)64-59(67)38-22-40-62(64)68(47-25-8-2-9-26-47)51-41-42-54-53-33-18-21-39-61(53)70(63(54)45-51)50-31-14-5-15-32-50/h1-45H. The summed E-state index contributed by atoms with van der Waals surface area (Å²) in [6.07, 6.45) is 0. The molecule has 0 fully saturated rings. The van der Waals surface area contributed by atoms with E-state index in [-0.39, 0.29) is 0 Å². The first-order valence-corrected chi connectivity index (χ1v) is 24.2. The minimum Gasteiger partial charge on any atom is -0.310 e. The highest BCUT2D eigenvalue weighted by Gasteiger charge is 2.53. The van der Waals surface area contributed by atoms with Gasteiger partial charge in [0, 0.05) is 55.9 Å². The van der Waals surface area contributed by atoms with Crippen LogP contribution in [0.5, 0.6) is 0 Å². The lowest BCUT2D eigenvalue weighted by molar-refractivity contribution is 0.794. The highest BCUT2D eigenvalue weighted by atomic mass is 15.2. The number of hydrogen-bond acceptors (Lipinski definition) is 2. The van der Waals surface area contributed by atoms with Crippen molar-refractivity contribution in [3.63, 3.8) is 0 Å². The number of fused-ring (bicyclic) bond motifs is 13. The van der Waals surface area contributed by atoms with E-state index in [1.165, 1.54) is 77.6 Å². The monoisotopic (exact) mass is 891 g/mol.